The van der Waals surface area contributed by atoms with Crippen molar-refractivity contribution in [1.29, 1.82) is 0 Å². The summed E-state index contributed by atoms with van der Waals surface area (Å²) < 4.78 is 5.65. The molecule has 1 N–H and O–H groups in total. The average molecular weight is 265 g/mol. The lowest BCUT2D eigenvalue weighted by molar-refractivity contribution is -0.132. The number of nitrogens with zero attached hydrogens (tertiary/aromatic N) is 1. The molecule has 1 amide bonds. The van der Waals surface area contributed by atoms with Gasteiger partial charge in [0, 0.05) is 13.1 Å². The predicted octanol–water partition coefficient (Wildman–Crippen LogP) is 1.91. The van der Waals surface area contributed by atoms with Gasteiger partial charge in [-0.05, 0) is 38.0 Å². The van der Waals surface area contributed by atoms with Crippen molar-refractivity contribution >= 4 is 5.91 Å². The summed E-state index contributed by atoms with van der Waals surface area (Å²) in [4.78, 5) is 13.5. The van der Waals surface area contributed by atoms with Gasteiger partial charge in [0.25, 0.3) is 0 Å². The van der Waals surface area contributed by atoms with Crippen LogP contribution in [-0.4, -0.2) is 42.2 Å². The zero-order valence-electron chi connectivity index (χ0n) is 12.0. The Balaban J connectivity index is 2.45. The maximum Gasteiger partial charge on any atom is 0.226 e. The molecule has 0 bridgehead atoms. The lowest BCUT2D eigenvalue weighted by Gasteiger charge is -2.19. The standard InChI is InChI=1S/C15H23NO3/c1-4-16(8-9-17)15(18)7-10-19-14-11-12(2)5-6-13(14)3/h5-6,11,17H,4,7-10H2,1-3H3. The molecular weight excluding hydrogens is 242 g/mol. The Hall–Kier alpha value is -1.55. The van der Waals surface area contributed by atoms with Gasteiger partial charge in [-0.15, -0.1) is 0 Å². The van der Waals surface area contributed by atoms with E-state index in [0.717, 1.165) is 16.9 Å². The van der Waals surface area contributed by atoms with Gasteiger partial charge in [-0.1, -0.05) is 12.1 Å². The second kappa shape index (κ2) is 7.79. The van der Waals surface area contributed by atoms with Crippen LogP contribution in [-0.2, 0) is 4.79 Å². The van der Waals surface area contributed by atoms with Crippen LogP contribution in [0.5, 0.6) is 5.75 Å². The number of rotatable bonds is 7. The monoisotopic (exact) mass is 265 g/mol. The quantitative estimate of drug-likeness (QED) is 0.819. The molecule has 0 spiro atoms. The highest BCUT2D eigenvalue weighted by atomic mass is 16.5. The molecule has 1 aromatic carbocycles. The minimum Gasteiger partial charge on any atom is -0.493 e. The van der Waals surface area contributed by atoms with Gasteiger partial charge in [-0.25, -0.2) is 0 Å². The number of ether oxygens (including phenoxy) is 1. The van der Waals surface area contributed by atoms with Gasteiger partial charge in [0.05, 0.1) is 19.6 Å². The fourth-order valence-electron chi connectivity index (χ4n) is 1.85. The van der Waals surface area contributed by atoms with Crippen LogP contribution in [0.15, 0.2) is 18.2 Å². The number of carbonyl (C=O) groups is 1. The summed E-state index contributed by atoms with van der Waals surface area (Å²) in [6, 6.07) is 6.02. The van der Waals surface area contributed by atoms with Gasteiger partial charge in [0.2, 0.25) is 5.91 Å². The van der Waals surface area contributed by atoms with E-state index >= 15 is 0 Å². The Labute approximate surface area is 115 Å². The topological polar surface area (TPSA) is 49.8 Å². The van der Waals surface area contributed by atoms with Crippen LogP contribution in [0.25, 0.3) is 0 Å². The highest BCUT2D eigenvalue weighted by Crippen LogP contribution is 2.19. The molecule has 0 aliphatic carbocycles. The molecule has 0 unspecified atom stereocenters. The summed E-state index contributed by atoms with van der Waals surface area (Å²) in [5, 5.41) is 8.86. The summed E-state index contributed by atoms with van der Waals surface area (Å²) >= 11 is 0. The first kappa shape index (κ1) is 15.5. The minimum absolute atomic E-state index is 0.00255. The molecule has 0 radical (unpaired) electrons. The molecule has 4 nitrogen and oxygen atoms in total. The Morgan fingerprint density at radius 1 is 1.37 bits per heavy atom. The summed E-state index contributed by atoms with van der Waals surface area (Å²) in [5.74, 6) is 0.847. The molecule has 0 fully saturated rings. The van der Waals surface area contributed by atoms with Crippen molar-refractivity contribution in [1.82, 2.24) is 4.90 Å². The third-order valence-corrected chi connectivity index (χ3v) is 3.02. The first-order chi connectivity index (χ1) is 9.08. The summed E-state index contributed by atoms with van der Waals surface area (Å²) in [7, 11) is 0. The normalized spacial score (nSPS) is 10.3. The number of amides is 1. The van der Waals surface area contributed by atoms with Crippen molar-refractivity contribution in [2.24, 2.45) is 0 Å². The molecular formula is C15H23NO3. The van der Waals surface area contributed by atoms with Crippen molar-refractivity contribution < 1.29 is 14.6 Å². The van der Waals surface area contributed by atoms with Crippen LogP contribution in [0, 0.1) is 13.8 Å². The predicted molar refractivity (Wildman–Crippen MR) is 75.4 cm³/mol. The summed E-state index contributed by atoms with van der Waals surface area (Å²) in [5.41, 5.74) is 2.21. The molecule has 106 valence electrons. The Kier molecular flexibility index (Phi) is 6.36. The molecule has 0 atom stereocenters. The number of aryl methyl sites for hydroxylation is 2. The van der Waals surface area contributed by atoms with Crippen molar-refractivity contribution in [3.8, 4) is 5.75 Å². The minimum atomic E-state index is -0.00255. The third kappa shape index (κ3) is 4.91. The number of hydrogen-bond donors (Lipinski definition) is 1. The number of likely N-dealkylation sites (N-methyl/N-ethyl adjacent to an activating group) is 1. The van der Waals surface area contributed by atoms with Crippen molar-refractivity contribution in [3.63, 3.8) is 0 Å². The Morgan fingerprint density at radius 3 is 2.74 bits per heavy atom. The number of carbonyl (C=O) groups excluding carboxylic acids is 1. The first-order valence-electron chi connectivity index (χ1n) is 6.67. The second-order valence-electron chi connectivity index (χ2n) is 4.56. The maximum absolute atomic E-state index is 11.8. The summed E-state index contributed by atoms with van der Waals surface area (Å²) in [6.07, 6.45) is 0.335. The highest BCUT2D eigenvalue weighted by Gasteiger charge is 2.11. The Bertz CT molecular complexity index is 418. The zero-order valence-corrected chi connectivity index (χ0v) is 12.0. The summed E-state index contributed by atoms with van der Waals surface area (Å²) in [6.45, 7) is 7.27. The van der Waals surface area contributed by atoms with Crippen LogP contribution in [0.1, 0.15) is 24.5 Å². The first-order valence-corrected chi connectivity index (χ1v) is 6.67. The maximum atomic E-state index is 11.8. The van der Waals surface area contributed by atoms with Crippen molar-refractivity contribution in [3.05, 3.63) is 29.3 Å². The lowest BCUT2D eigenvalue weighted by Crippen LogP contribution is -2.34. The van der Waals surface area contributed by atoms with Crippen LogP contribution < -0.4 is 4.74 Å². The molecule has 19 heavy (non-hydrogen) atoms. The number of hydrogen-bond acceptors (Lipinski definition) is 3. The fourth-order valence-corrected chi connectivity index (χ4v) is 1.85. The molecule has 0 aliphatic rings. The molecule has 0 aromatic heterocycles. The molecule has 0 saturated carbocycles. The zero-order chi connectivity index (χ0) is 14.3. The van der Waals surface area contributed by atoms with E-state index in [9.17, 15) is 4.79 Å². The largest absolute Gasteiger partial charge is 0.493 e. The van der Waals surface area contributed by atoms with E-state index in [4.69, 9.17) is 9.84 Å². The lowest BCUT2D eigenvalue weighted by atomic mass is 10.1. The second-order valence-corrected chi connectivity index (χ2v) is 4.56. The van der Waals surface area contributed by atoms with Crippen LogP contribution in [0.4, 0.5) is 0 Å². The molecule has 4 heteroatoms. The van der Waals surface area contributed by atoms with Crippen molar-refractivity contribution in [2.45, 2.75) is 27.2 Å². The van der Waals surface area contributed by atoms with E-state index in [1.807, 2.05) is 39.0 Å². The van der Waals surface area contributed by atoms with Gasteiger partial charge in [0.1, 0.15) is 5.75 Å². The Morgan fingerprint density at radius 2 is 2.11 bits per heavy atom. The van der Waals surface area contributed by atoms with Crippen molar-refractivity contribution in [2.75, 3.05) is 26.3 Å². The number of aliphatic hydroxyl groups is 1. The van der Waals surface area contributed by atoms with Crippen LogP contribution >= 0.6 is 0 Å². The van der Waals surface area contributed by atoms with Gasteiger partial charge < -0.3 is 14.7 Å². The molecule has 1 aromatic rings. The van der Waals surface area contributed by atoms with E-state index in [2.05, 4.69) is 0 Å². The van der Waals surface area contributed by atoms with Crippen LogP contribution in [0.2, 0.25) is 0 Å². The molecule has 0 aliphatic heterocycles. The third-order valence-electron chi connectivity index (χ3n) is 3.02. The van der Waals surface area contributed by atoms with E-state index < -0.39 is 0 Å². The SMILES string of the molecule is CCN(CCO)C(=O)CCOc1cc(C)ccc1C. The van der Waals surface area contributed by atoms with Gasteiger partial charge >= 0.3 is 0 Å². The number of benzene rings is 1. The molecule has 1 rings (SSSR count). The smallest absolute Gasteiger partial charge is 0.226 e. The van der Waals surface area contributed by atoms with Gasteiger partial charge in [0.15, 0.2) is 0 Å². The fraction of sp³-hybridized carbons (Fsp3) is 0.533. The van der Waals surface area contributed by atoms with Gasteiger partial charge in [-0.3, -0.25) is 4.79 Å². The number of aliphatic hydroxyl groups excluding tert-OH is 1. The van der Waals surface area contributed by atoms with E-state index in [1.165, 1.54) is 0 Å². The molecule has 0 heterocycles. The van der Waals surface area contributed by atoms with Gasteiger partial charge in [-0.2, -0.15) is 0 Å². The molecule has 0 saturated heterocycles. The van der Waals surface area contributed by atoms with Crippen LogP contribution in [0.3, 0.4) is 0 Å². The van der Waals surface area contributed by atoms with E-state index in [-0.39, 0.29) is 12.5 Å². The average Bonchev–Trinajstić information content (AvgIpc) is 2.39. The highest BCUT2D eigenvalue weighted by molar-refractivity contribution is 5.76. The van der Waals surface area contributed by atoms with E-state index in [0.29, 0.717) is 26.1 Å². The van der Waals surface area contributed by atoms with E-state index in [1.54, 1.807) is 4.90 Å².